The molecule has 3 N–H and O–H groups in total. The SMILES string of the molecule is CN(CCCN)S(=O)(=O)NCc1ccc(F)c(F)c1. The van der Waals surface area contributed by atoms with Gasteiger partial charge in [0, 0.05) is 20.1 Å². The lowest BCUT2D eigenvalue weighted by Crippen LogP contribution is -2.38. The molecular weight excluding hydrogens is 276 g/mol. The summed E-state index contributed by atoms with van der Waals surface area (Å²) in [4.78, 5) is 0. The summed E-state index contributed by atoms with van der Waals surface area (Å²) in [6.45, 7) is 0.582. The number of benzene rings is 1. The second-order valence-corrected chi connectivity index (χ2v) is 5.90. The summed E-state index contributed by atoms with van der Waals surface area (Å²) >= 11 is 0. The molecule has 0 bridgehead atoms. The molecule has 8 heteroatoms. The van der Waals surface area contributed by atoms with Crippen molar-refractivity contribution in [3.8, 4) is 0 Å². The fourth-order valence-corrected chi connectivity index (χ4v) is 2.31. The maximum atomic E-state index is 12.9. The quantitative estimate of drug-likeness (QED) is 0.772. The first-order valence-corrected chi connectivity index (χ1v) is 7.15. The Bertz CT molecular complexity index is 523. The Labute approximate surface area is 111 Å². The largest absolute Gasteiger partial charge is 0.330 e. The molecule has 1 aromatic rings. The van der Waals surface area contributed by atoms with Crippen molar-refractivity contribution in [2.24, 2.45) is 5.73 Å². The number of nitrogens with two attached hydrogens (primary N) is 1. The summed E-state index contributed by atoms with van der Waals surface area (Å²) in [5.41, 5.74) is 5.64. The van der Waals surface area contributed by atoms with Crippen LogP contribution in [0.5, 0.6) is 0 Å². The standard InChI is InChI=1S/C11H17F2N3O2S/c1-16(6-2-5-14)19(17,18)15-8-9-3-4-10(12)11(13)7-9/h3-4,7,15H,2,5-6,8,14H2,1H3. The second kappa shape index (κ2) is 6.90. The lowest BCUT2D eigenvalue weighted by atomic mass is 10.2. The number of nitrogens with one attached hydrogen (secondary N) is 1. The van der Waals surface area contributed by atoms with E-state index in [2.05, 4.69) is 4.72 Å². The van der Waals surface area contributed by atoms with Gasteiger partial charge < -0.3 is 5.73 Å². The van der Waals surface area contributed by atoms with Crippen LogP contribution in [0.3, 0.4) is 0 Å². The van der Waals surface area contributed by atoms with Crippen molar-refractivity contribution in [3.63, 3.8) is 0 Å². The van der Waals surface area contributed by atoms with Crippen molar-refractivity contribution in [2.75, 3.05) is 20.1 Å². The Kier molecular flexibility index (Phi) is 5.80. The average molecular weight is 293 g/mol. The van der Waals surface area contributed by atoms with Gasteiger partial charge in [0.25, 0.3) is 10.2 Å². The molecular formula is C11H17F2N3O2S. The Hall–Kier alpha value is -1.09. The maximum Gasteiger partial charge on any atom is 0.279 e. The molecule has 1 rings (SSSR count). The van der Waals surface area contributed by atoms with E-state index in [9.17, 15) is 17.2 Å². The van der Waals surface area contributed by atoms with Crippen LogP contribution in [0.2, 0.25) is 0 Å². The molecule has 0 atom stereocenters. The van der Waals surface area contributed by atoms with Crippen LogP contribution in [0.25, 0.3) is 0 Å². The minimum Gasteiger partial charge on any atom is -0.330 e. The van der Waals surface area contributed by atoms with Gasteiger partial charge in [0.15, 0.2) is 11.6 Å². The highest BCUT2D eigenvalue weighted by Gasteiger charge is 2.16. The van der Waals surface area contributed by atoms with Gasteiger partial charge in [0.2, 0.25) is 0 Å². The second-order valence-electron chi connectivity index (χ2n) is 4.04. The summed E-state index contributed by atoms with van der Waals surface area (Å²) in [7, 11) is -2.22. The summed E-state index contributed by atoms with van der Waals surface area (Å²) < 4.78 is 52.6. The normalized spacial score (nSPS) is 12.1. The monoisotopic (exact) mass is 293 g/mol. The molecule has 0 aliphatic carbocycles. The smallest absolute Gasteiger partial charge is 0.279 e. The highest BCUT2D eigenvalue weighted by molar-refractivity contribution is 7.87. The van der Waals surface area contributed by atoms with E-state index in [0.29, 0.717) is 25.1 Å². The number of hydrogen-bond donors (Lipinski definition) is 2. The van der Waals surface area contributed by atoms with Crippen LogP contribution in [-0.4, -0.2) is 32.9 Å². The van der Waals surface area contributed by atoms with E-state index in [1.807, 2.05) is 0 Å². The Balaban J connectivity index is 2.62. The van der Waals surface area contributed by atoms with Gasteiger partial charge >= 0.3 is 0 Å². The molecule has 19 heavy (non-hydrogen) atoms. The number of halogens is 2. The van der Waals surface area contributed by atoms with Crippen molar-refractivity contribution >= 4 is 10.2 Å². The minimum atomic E-state index is -3.64. The number of rotatable bonds is 7. The topological polar surface area (TPSA) is 75.4 Å². The molecule has 0 amide bonds. The van der Waals surface area contributed by atoms with Gasteiger partial charge in [0.05, 0.1) is 0 Å². The van der Waals surface area contributed by atoms with Crippen LogP contribution in [0, 0.1) is 11.6 Å². The summed E-state index contributed by atoms with van der Waals surface area (Å²) in [6.07, 6.45) is 0.544. The molecule has 1 aromatic carbocycles. The fraction of sp³-hybridized carbons (Fsp3) is 0.455. The van der Waals surface area contributed by atoms with Gasteiger partial charge in [-0.2, -0.15) is 17.4 Å². The van der Waals surface area contributed by atoms with Gasteiger partial charge in [-0.05, 0) is 30.7 Å². The molecule has 0 saturated heterocycles. The lowest BCUT2D eigenvalue weighted by Gasteiger charge is -2.17. The molecule has 0 fully saturated rings. The van der Waals surface area contributed by atoms with E-state index < -0.39 is 21.8 Å². The zero-order valence-corrected chi connectivity index (χ0v) is 11.4. The van der Waals surface area contributed by atoms with Crippen LogP contribution in [-0.2, 0) is 16.8 Å². The van der Waals surface area contributed by atoms with Crippen molar-refractivity contribution < 1.29 is 17.2 Å². The molecule has 0 aliphatic rings. The van der Waals surface area contributed by atoms with Crippen LogP contribution < -0.4 is 10.5 Å². The van der Waals surface area contributed by atoms with E-state index in [4.69, 9.17) is 5.73 Å². The third-order valence-corrected chi connectivity index (χ3v) is 4.04. The predicted molar refractivity (Wildman–Crippen MR) is 68.4 cm³/mol. The Morgan fingerprint density at radius 3 is 2.58 bits per heavy atom. The molecule has 108 valence electrons. The first kappa shape index (κ1) is 16.0. The average Bonchev–Trinajstić information content (AvgIpc) is 2.37. The molecule has 0 aromatic heterocycles. The summed E-state index contributed by atoms with van der Waals surface area (Å²) in [5.74, 6) is -1.97. The highest BCUT2D eigenvalue weighted by Crippen LogP contribution is 2.09. The molecule has 0 radical (unpaired) electrons. The van der Waals surface area contributed by atoms with E-state index in [0.717, 1.165) is 16.4 Å². The molecule has 5 nitrogen and oxygen atoms in total. The third kappa shape index (κ3) is 4.83. The summed E-state index contributed by atoms with van der Waals surface area (Å²) in [6, 6.07) is 3.23. The van der Waals surface area contributed by atoms with Crippen molar-refractivity contribution in [1.29, 1.82) is 0 Å². The third-order valence-electron chi connectivity index (χ3n) is 2.53. The number of hydrogen-bond acceptors (Lipinski definition) is 3. The van der Waals surface area contributed by atoms with Crippen LogP contribution in [0.4, 0.5) is 8.78 Å². The van der Waals surface area contributed by atoms with Crippen molar-refractivity contribution in [3.05, 3.63) is 35.4 Å². The van der Waals surface area contributed by atoms with Gasteiger partial charge in [-0.15, -0.1) is 0 Å². The predicted octanol–water partition coefficient (Wildman–Crippen LogP) is 0.580. The molecule has 0 aliphatic heterocycles. The van der Waals surface area contributed by atoms with E-state index in [-0.39, 0.29) is 6.54 Å². The zero-order valence-electron chi connectivity index (χ0n) is 10.6. The molecule has 0 heterocycles. The first-order chi connectivity index (χ1) is 8.86. The van der Waals surface area contributed by atoms with E-state index >= 15 is 0 Å². The van der Waals surface area contributed by atoms with Gasteiger partial charge in [-0.3, -0.25) is 0 Å². The van der Waals surface area contributed by atoms with Crippen molar-refractivity contribution in [1.82, 2.24) is 9.03 Å². The summed E-state index contributed by atoms with van der Waals surface area (Å²) in [5, 5.41) is 0. The van der Waals surface area contributed by atoms with Crippen LogP contribution in [0.15, 0.2) is 18.2 Å². The van der Waals surface area contributed by atoms with Crippen LogP contribution in [0.1, 0.15) is 12.0 Å². The minimum absolute atomic E-state index is 0.105. The molecule has 0 spiro atoms. The zero-order chi connectivity index (χ0) is 14.5. The Morgan fingerprint density at radius 2 is 2.00 bits per heavy atom. The highest BCUT2D eigenvalue weighted by atomic mass is 32.2. The Morgan fingerprint density at radius 1 is 1.32 bits per heavy atom. The molecule has 0 saturated carbocycles. The van der Waals surface area contributed by atoms with Gasteiger partial charge in [-0.25, -0.2) is 8.78 Å². The fourth-order valence-electron chi connectivity index (χ4n) is 1.37. The van der Waals surface area contributed by atoms with Gasteiger partial charge in [-0.1, -0.05) is 6.07 Å². The first-order valence-electron chi connectivity index (χ1n) is 5.71. The maximum absolute atomic E-state index is 12.9. The molecule has 0 unspecified atom stereocenters. The van der Waals surface area contributed by atoms with Crippen molar-refractivity contribution in [2.45, 2.75) is 13.0 Å². The van der Waals surface area contributed by atoms with E-state index in [1.54, 1.807) is 0 Å². The lowest BCUT2D eigenvalue weighted by molar-refractivity contribution is 0.452. The van der Waals surface area contributed by atoms with Crippen LogP contribution >= 0.6 is 0 Å². The number of nitrogens with zero attached hydrogens (tertiary/aromatic N) is 1. The van der Waals surface area contributed by atoms with E-state index in [1.165, 1.54) is 13.1 Å². The van der Waals surface area contributed by atoms with Gasteiger partial charge in [0.1, 0.15) is 0 Å².